The summed E-state index contributed by atoms with van der Waals surface area (Å²) in [5.41, 5.74) is 0.655. The number of anilines is 1. The highest BCUT2D eigenvalue weighted by molar-refractivity contribution is 8.00. The molecule has 4 rings (SSSR count). The number of rotatable bonds is 7. The Hall–Kier alpha value is -2.74. The Morgan fingerprint density at radius 3 is 2.73 bits per heavy atom. The van der Waals surface area contributed by atoms with Gasteiger partial charge in [-0.25, -0.2) is 0 Å². The Morgan fingerprint density at radius 2 is 2.00 bits per heavy atom. The van der Waals surface area contributed by atoms with Gasteiger partial charge in [0.05, 0.1) is 24.3 Å². The molecule has 0 bridgehead atoms. The first-order valence-electron chi connectivity index (χ1n) is 10.3. The number of amides is 1. The summed E-state index contributed by atoms with van der Waals surface area (Å²) in [5, 5.41) is 12.2. The number of hydrogen-bond acceptors (Lipinski definition) is 6. The number of nitrogens with zero attached hydrogens (tertiary/aromatic N) is 3. The van der Waals surface area contributed by atoms with Crippen LogP contribution in [0.15, 0.2) is 52.2 Å². The maximum absolute atomic E-state index is 12.8. The SMILES string of the molecule is COc1ccccc1NC(=O)C(C)Sc1nnc(-c2ccco2)n1C1CCCCC1. The molecule has 0 spiro atoms. The number of benzene rings is 1. The highest BCUT2D eigenvalue weighted by Crippen LogP contribution is 2.37. The van der Waals surface area contributed by atoms with Gasteiger partial charge in [0.25, 0.3) is 0 Å². The number of aromatic nitrogens is 3. The minimum Gasteiger partial charge on any atom is -0.495 e. The minimum absolute atomic E-state index is 0.109. The number of thioether (sulfide) groups is 1. The largest absolute Gasteiger partial charge is 0.495 e. The quantitative estimate of drug-likeness (QED) is 0.525. The number of furan rings is 1. The van der Waals surface area contributed by atoms with Crippen molar-refractivity contribution in [2.24, 2.45) is 0 Å². The standard InChI is InChI=1S/C22H26N4O3S/c1-15(21(27)23-17-11-6-7-12-18(17)28-2)30-22-25-24-20(19-13-8-14-29-19)26(22)16-9-4-3-5-10-16/h6-8,11-16H,3-5,9-10H2,1-2H3,(H,23,27). The monoisotopic (exact) mass is 426 g/mol. The average molecular weight is 427 g/mol. The molecule has 1 saturated carbocycles. The zero-order valence-corrected chi connectivity index (χ0v) is 18.0. The topological polar surface area (TPSA) is 82.2 Å². The van der Waals surface area contributed by atoms with Crippen LogP contribution in [-0.2, 0) is 4.79 Å². The second-order valence-electron chi connectivity index (χ2n) is 7.39. The van der Waals surface area contributed by atoms with Crippen LogP contribution in [0.25, 0.3) is 11.6 Å². The third-order valence-corrected chi connectivity index (χ3v) is 6.42. The van der Waals surface area contributed by atoms with E-state index in [0.717, 1.165) is 23.8 Å². The molecule has 3 aromatic rings. The lowest BCUT2D eigenvalue weighted by Gasteiger charge is -2.25. The van der Waals surface area contributed by atoms with Crippen LogP contribution in [0, 0.1) is 0 Å². The summed E-state index contributed by atoms with van der Waals surface area (Å²) in [6, 6.07) is 11.5. The Bertz CT molecular complexity index is 980. The molecule has 158 valence electrons. The van der Waals surface area contributed by atoms with E-state index in [-0.39, 0.29) is 11.2 Å². The maximum atomic E-state index is 12.8. The lowest BCUT2D eigenvalue weighted by atomic mass is 9.95. The summed E-state index contributed by atoms with van der Waals surface area (Å²) < 4.78 is 13.1. The summed E-state index contributed by atoms with van der Waals surface area (Å²) in [5.74, 6) is 1.95. The fraction of sp³-hybridized carbons (Fsp3) is 0.409. The molecule has 1 amide bonds. The molecule has 0 aliphatic heterocycles. The van der Waals surface area contributed by atoms with Crippen molar-refractivity contribution < 1.29 is 13.9 Å². The first-order valence-corrected chi connectivity index (χ1v) is 11.1. The normalized spacial score (nSPS) is 15.7. The van der Waals surface area contributed by atoms with Gasteiger partial charge >= 0.3 is 0 Å². The summed E-state index contributed by atoms with van der Waals surface area (Å²) in [4.78, 5) is 12.8. The van der Waals surface area contributed by atoms with E-state index in [2.05, 4.69) is 20.1 Å². The number of carbonyl (C=O) groups is 1. The van der Waals surface area contributed by atoms with E-state index in [1.54, 1.807) is 13.4 Å². The van der Waals surface area contributed by atoms with Crippen molar-refractivity contribution in [2.45, 2.75) is 55.5 Å². The smallest absolute Gasteiger partial charge is 0.237 e. The summed E-state index contributed by atoms with van der Waals surface area (Å²) >= 11 is 1.42. The Balaban J connectivity index is 1.55. The molecule has 30 heavy (non-hydrogen) atoms. The maximum Gasteiger partial charge on any atom is 0.237 e. The molecule has 1 aliphatic carbocycles. The molecular formula is C22H26N4O3S. The molecule has 0 saturated heterocycles. The van der Waals surface area contributed by atoms with Gasteiger partial charge in [0, 0.05) is 6.04 Å². The van der Waals surface area contributed by atoms with Gasteiger partial charge in [0.2, 0.25) is 11.7 Å². The number of hydrogen-bond donors (Lipinski definition) is 1. The van der Waals surface area contributed by atoms with Crippen LogP contribution in [0.3, 0.4) is 0 Å². The molecule has 1 unspecified atom stereocenters. The molecule has 1 atom stereocenters. The second-order valence-corrected chi connectivity index (χ2v) is 8.70. The minimum atomic E-state index is -0.356. The van der Waals surface area contributed by atoms with E-state index in [9.17, 15) is 4.79 Å². The molecule has 1 aromatic carbocycles. The van der Waals surface area contributed by atoms with Crippen LogP contribution in [0.4, 0.5) is 5.69 Å². The molecule has 7 nitrogen and oxygen atoms in total. The van der Waals surface area contributed by atoms with Gasteiger partial charge in [0.1, 0.15) is 5.75 Å². The van der Waals surface area contributed by atoms with Gasteiger partial charge in [-0.1, -0.05) is 43.2 Å². The third kappa shape index (κ3) is 4.38. The van der Waals surface area contributed by atoms with Crippen LogP contribution in [0.2, 0.25) is 0 Å². The zero-order valence-electron chi connectivity index (χ0n) is 17.2. The summed E-state index contributed by atoms with van der Waals surface area (Å²) in [6.45, 7) is 1.88. The molecule has 2 aromatic heterocycles. The third-order valence-electron chi connectivity index (χ3n) is 5.36. The van der Waals surface area contributed by atoms with Gasteiger partial charge < -0.3 is 14.5 Å². The molecule has 8 heteroatoms. The number of nitrogens with one attached hydrogen (secondary N) is 1. The molecule has 1 aliphatic rings. The Labute approximate surface area is 180 Å². The molecule has 1 N–H and O–H groups in total. The van der Waals surface area contributed by atoms with Crippen LogP contribution in [-0.4, -0.2) is 33.0 Å². The van der Waals surface area contributed by atoms with E-state index in [4.69, 9.17) is 9.15 Å². The van der Waals surface area contributed by atoms with Crippen LogP contribution < -0.4 is 10.1 Å². The highest BCUT2D eigenvalue weighted by atomic mass is 32.2. The average Bonchev–Trinajstić information content (AvgIpc) is 3.44. The molecule has 0 radical (unpaired) electrons. The fourth-order valence-corrected chi connectivity index (χ4v) is 4.71. The van der Waals surface area contributed by atoms with Crippen molar-refractivity contribution in [1.82, 2.24) is 14.8 Å². The Morgan fingerprint density at radius 1 is 1.20 bits per heavy atom. The van der Waals surface area contributed by atoms with Gasteiger partial charge in [-0.2, -0.15) is 0 Å². The highest BCUT2D eigenvalue weighted by Gasteiger charge is 2.27. The van der Waals surface area contributed by atoms with Gasteiger partial charge in [-0.05, 0) is 44.0 Å². The van der Waals surface area contributed by atoms with Gasteiger partial charge in [-0.15, -0.1) is 10.2 Å². The van der Waals surface area contributed by atoms with Gasteiger partial charge in [0.15, 0.2) is 10.9 Å². The fourth-order valence-electron chi connectivity index (χ4n) is 3.79. The first kappa shape index (κ1) is 20.5. The molecular weight excluding hydrogens is 400 g/mol. The summed E-state index contributed by atoms with van der Waals surface area (Å²) in [7, 11) is 1.59. The van der Waals surface area contributed by atoms with Crippen molar-refractivity contribution in [3.05, 3.63) is 42.7 Å². The van der Waals surface area contributed by atoms with E-state index >= 15 is 0 Å². The van der Waals surface area contributed by atoms with E-state index < -0.39 is 0 Å². The van der Waals surface area contributed by atoms with Gasteiger partial charge in [-0.3, -0.25) is 9.36 Å². The number of ether oxygens (including phenoxy) is 1. The summed E-state index contributed by atoms with van der Waals surface area (Å²) in [6.07, 6.45) is 7.45. The van der Waals surface area contributed by atoms with E-state index in [1.807, 2.05) is 43.3 Å². The first-order chi connectivity index (χ1) is 14.7. The lowest BCUT2D eigenvalue weighted by molar-refractivity contribution is -0.115. The molecule has 1 fully saturated rings. The van der Waals surface area contributed by atoms with Crippen molar-refractivity contribution in [2.75, 3.05) is 12.4 Å². The van der Waals surface area contributed by atoms with Crippen molar-refractivity contribution in [1.29, 1.82) is 0 Å². The van der Waals surface area contributed by atoms with Crippen LogP contribution in [0.1, 0.15) is 45.1 Å². The van der Waals surface area contributed by atoms with Crippen LogP contribution >= 0.6 is 11.8 Å². The predicted molar refractivity (Wildman–Crippen MR) is 117 cm³/mol. The van der Waals surface area contributed by atoms with E-state index in [0.29, 0.717) is 23.2 Å². The van der Waals surface area contributed by atoms with Crippen molar-refractivity contribution >= 4 is 23.4 Å². The van der Waals surface area contributed by atoms with Crippen molar-refractivity contribution in [3.63, 3.8) is 0 Å². The van der Waals surface area contributed by atoms with Crippen molar-refractivity contribution in [3.8, 4) is 17.3 Å². The zero-order chi connectivity index (χ0) is 20.9. The second kappa shape index (κ2) is 9.38. The Kier molecular flexibility index (Phi) is 6.42. The van der Waals surface area contributed by atoms with E-state index in [1.165, 1.54) is 31.0 Å². The number of para-hydroxylation sites is 2. The predicted octanol–water partition coefficient (Wildman–Crippen LogP) is 5.17. The van der Waals surface area contributed by atoms with Crippen LogP contribution in [0.5, 0.6) is 5.75 Å². The molecule has 2 heterocycles. The lowest BCUT2D eigenvalue weighted by Crippen LogP contribution is -2.24. The number of carbonyl (C=O) groups excluding carboxylic acids is 1. The number of methoxy groups -OCH3 is 1.